The van der Waals surface area contributed by atoms with Crippen molar-refractivity contribution >= 4 is 11.6 Å². The second-order valence-corrected chi connectivity index (χ2v) is 7.74. The molecule has 1 aliphatic heterocycles. The van der Waals surface area contributed by atoms with Crippen LogP contribution in [0.5, 0.6) is 0 Å². The molecule has 0 spiro atoms. The van der Waals surface area contributed by atoms with Gasteiger partial charge in [-0.1, -0.05) is 30.3 Å². The van der Waals surface area contributed by atoms with Gasteiger partial charge < -0.3 is 5.32 Å². The summed E-state index contributed by atoms with van der Waals surface area (Å²) >= 11 is 0. The minimum absolute atomic E-state index is 0.706. The molecule has 0 atom stereocenters. The van der Waals surface area contributed by atoms with Crippen LogP contribution < -0.4 is 5.32 Å². The van der Waals surface area contributed by atoms with E-state index in [4.69, 9.17) is 0 Å². The van der Waals surface area contributed by atoms with Gasteiger partial charge >= 0.3 is 0 Å². The number of benzene rings is 1. The topological polar surface area (TPSA) is 61.6 Å². The van der Waals surface area contributed by atoms with Crippen LogP contribution in [0.15, 0.2) is 36.7 Å². The van der Waals surface area contributed by atoms with Crippen LogP contribution in [-0.2, 0) is 19.4 Å². The molecule has 3 aromatic rings. The lowest BCUT2D eigenvalue weighted by Gasteiger charge is -2.34. The number of aromatic nitrogens is 4. The maximum absolute atomic E-state index is 4.65. The molecule has 5 rings (SSSR count). The molecule has 2 aliphatic rings. The van der Waals surface area contributed by atoms with Crippen molar-refractivity contribution < 1.29 is 0 Å². The number of rotatable bonds is 6. The summed E-state index contributed by atoms with van der Waals surface area (Å²) < 4.78 is 1.86. The number of aryl methyl sites for hydroxylation is 1. The number of nitrogens with zero attached hydrogens (tertiary/aromatic N) is 6. The van der Waals surface area contributed by atoms with Gasteiger partial charge in [0.05, 0.1) is 5.69 Å². The maximum Gasteiger partial charge on any atom is 0.254 e. The largest absolute Gasteiger partial charge is 0.368 e. The quantitative estimate of drug-likeness (QED) is 0.707. The summed E-state index contributed by atoms with van der Waals surface area (Å²) in [5, 5.41) is 8.01. The molecule has 1 fully saturated rings. The number of piperazine rings is 1. The molecule has 7 nitrogen and oxygen atoms in total. The van der Waals surface area contributed by atoms with Crippen molar-refractivity contribution in [2.24, 2.45) is 0 Å². The highest BCUT2D eigenvalue weighted by Crippen LogP contribution is 2.27. The number of anilines is 1. The lowest BCUT2D eigenvalue weighted by atomic mass is 10.2. The van der Waals surface area contributed by atoms with Gasteiger partial charge in [0.1, 0.15) is 12.1 Å². The first-order chi connectivity index (χ1) is 13.9. The predicted molar refractivity (Wildman–Crippen MR) is 109 cm³/mol. The smallest absolute Gasteiger partial charge is 0.254 e. The Morgan fingerprint density at radius 2 is 1.79 bits per heavy atom. The van der Waals surface area contributed by atoms with Crippen LogP contribution in [-0.4, -0.2) is 68.7 Å². The molecular weight excluding hydrogens is 350 g/mol. The highest BCUT2D eigenvalue weighted by molar-refractivity contribution is 5.54. The SMILES string of the molecule is c1ccc(CN2CCN(CCNc3c4c(nc5ncnn35)CCC4)CC2)cc1. The fourth-order valence-corrected chi connectivity index (χ4v) is 4.35. The zero-order chi connectivity index (χ0) is 18.8. The Hall–Kier alpha value is -2.51. The lowest BCUT2D eigenvalue weighted by Crippen LogP contribution is -2.47. The van der Waals surface area contributed by atoms with Gasteiger partial charge in [-0.25, -0.2) is 4.98 Å². The molecule has 1 aliphatic carbocycles. The summed E-state index contributed by atoms with van der Waals surface area (Å²) in [6.07, 6.45) is 4.90. The molecule has 7 heteroatoms. The number of hydrogen-bond donors (Lipinski definition) is 1. The van der Waals surface area contributed by atoms with Crippen LogP contribution in [0.25, 0.3) is 5.78 Å². The van der Waals surface area contributed by atoms with E-state index in [0.29, 0.717) is 5.78 Å². The van der Waals surface area contributed by atoms with Crippen LogP contribution >= 0.6 is 0 Å². The molecule has 0 bridgehead atoms. The minimum Gasteiger partial charge on any atom is -0.368 e. The van der Waals surface area contributed by atoms with Crippen molar-refractivity contribution in [3.05, 3.63) is 53.5 Å². The molecule has 146 valence electrons. The van der Waals surface area contributed by atoms with E-state index in [2.05, 4.69) is 60.5 Å². The summed E-state index contributed by atoms with van der Waals surface area (Å²) in [7, 11) is 0. The maximum atomic E-state index is 4.65. The lowest BCUT2D eigenvalue weighted by molar-refractivity contribution is 0.130. The predicted octanol–water partition coefficient (Wildman–Crippen LogP) is 1.84. The van der Waals surface area contributed by atoms with Crippen LogP contribution in [0, 0.1) is 0 Å². The van der Waals surface area contributed by atoms with Crippen molar-refractivity contribution in [1.82, 2.24) is 29.4 Å². The van der Waals surface area contributed by atoms with Crippen molar-refractivity contribution in [2.75, 3.05) is 44.6 Å². The standard InChI is InChI=1S/C21H27N7/c1-2-5-17(6-3-1)15-27-13-11-26(12-14-27)10-9-22-20-18-7-4-8-19(18)25-21-23-16-24-28(20)21/h1-3,5-6,16,22H,4,7-15H2. The van der Waals surface area contributed by atoms with Crippen LogP contribution in [0.1, 0.15) is 23.2 Å². The van der Waals surface area contributed by atoms with E-state index in [9.17, 15) is 0 Å². The van der Waals surface area contributed by atoms with Crippen molar-refractivity contribution in [3.8, 4) is 0 Å². The monoisotopic (exact) mass is 377 g/mol. The van der Waals surface area contributed by atoms with Crippen LogP contribution in [0.4, 0.5) is 5.82 Å². The molecule has 2 aromatic heterocycles. The first kappa shape index (κ1) is 17.6. The Kier molecular flexibility index (Phi) is 4.93. The van der Waals surface area contributed by atoms with Gasteiger partial charge in [-0.2, -0.15) is 14.6 Å². The summed E-state index contributed by atoms with van der Waals surface area (Å²) in [6, 6.07) is 10.8. The second kappa shape index (κ2) is 7.85. The Morgan fingerprint density at radius 1 is 0.964 bits per heavy atom. The zero-order valence-electron chi connectivity index (χ0n) is 16.2. The molecule has 3 heterocycles. The van der Waals surface area contributed by atoms with E-state index in [1.165, 1.54) is 23.2 Å². The average Bonchev–Trinajstić information content (AvgIpc) is 3.39. The Labute approximate surface area is 165 Å². The molecule has 0 unspecified atom stereocenters. The van der Waals surface area contributed by atoms with E-state index < -0.39 is 0 Å². The highest BCUT2D eigenvalue weighted by atomic mass is 15.4. The summed E-state index contributed by atoms with van der Waals surface area (Å²) in [5.41, 5.74) is 3.92. The van der Waals surface area contributed by atoms with E-state index in [1.54, 1.807) is 6.33 Å². The molecule has 28 heavy (non-hydrogen) atoms. The fraction of sp³-hybridized carbons (Fsp3) is 0.476. The summed E-state index contributed by atoms with van der Waals surface area (Å²) in [5.74, 6) is 1.80. The number of hydrogen-bond acceptors (Lipinski definition) is 6. The number of fused-ring (bicyclic) bond motifs is 2. The van der Waals surface area contributed by atoms with Gasteiger partial charge in [-0.3, -0.25) is 9.80 Å². The van der Waals surface area contributed by atoms with E-state index >= 15 is 0 Å². The average molecular weight is 377 g/mol. The molecule has 1 aromatic carbocycles. The van der Waals surface area contributed by atoms with E-state index in [0.717, 1.165) is 64.5 Å². The summed E-state index contributed by atoms with van der Waals surface area (Å²) in [4.78, 5) is 14.0. The van der Waals surface area contributed by atoms with Gasteiger partial charge in [0.2, 0.25) is 0 Å². The number of nitrogens with one attached hydrogen (secondary N) is 1. The second-order valence-electron chi connectivity index (χ2n) is 7.74. The Bertz CT molecular complexity index is 929. The molecule has 0 amide bonds. The summed E-state index contributed by atoms with van der Waals surface area (Å²) in [6.45, 7) is 7.54. The van der Waals surface area contributed by atoms with Gasteiger partial charge in [-0.05, 0) is 24.8 Å². The third-order valence-corrected chi connectivity index (χ3v) is 5.89. The van der Waals surface area contributed by atoms with Gasteiger partial charge in [0, 0.05) is 51.4 Å². The molecule has 1 saturated heterocycles. The van der Waals surface area contributed by atoms with Crippen LogP contribution in [0.3, 0.4) is 0 Å². The Balaban J connectivity index is 1.15. The van der Waals surface area contributed by atoms with Gasteiger partial charge in [0.25, 0.3) is 5.78 Å². The normalized spacial score (nSPS) is 17.9. The third-order valence-electron chi connectivity index (χ3n) is 5.89. The molecular formula is C21H27N7. The molecule has 0 saturated carbocycles. The zero-order valence-corrected chi connectivity index (χ0v) is 16.2. The molecule has 0 radical (unpaired) electrons. The van der Waals surface area contributed by atoms with Gasteiger partial charge in [0.15, 0.2) is 0 Å². The van der Waals surface area contributed by atoms with Gasteiger partial charge in [-0.15, -0.1) is 0 Å². The highest BCUT2D eigenvalue weighted by Gasteiger charge is 2.21. The third kappa shape index (κ3) is 3.59. The first-order valence-electron chi connectivity index (χ1n) is 10.3. The fourth-order valence-electron chi connectivity index (χ4n) is 4.35. The first-order valence-corrected chi connectivity index (χ1v) is 10.3. The molecule has 1 N–H and O–H groups in total. The van der Waals surface area contributed by atoms with Crippen molar-refractivity contribution in [2.45, 2.75) is 25.8 Å². The minimum atomic E-state index is 0.706. The van der Waals surface area contributed by atoms with Crippen molar-refractivity contribution in [1.29, 1.82) is 0 Å². The van der Waals surface area contributed by atoms with Crippen LogP contribution in [0.2, 0.25) is 0 Å². The Morgan fingerprint density at radius 3 is 2.64 bits per heavy atom. The van der Waals surface area contributed by atoms with E-state index in [-0.39, 0.29) is 0 Å². The van der Waals surface area contributed by atoms with Crippen molar-refractivity contribution in [3.63, 3.8) is 0 Å². The van der Waals surface area contributed by atoms with E-state index in [1.807, 2.05) is 4.52 Å².